The smallest absolute Gasteiger partial charge is 0.219 e. The van der Waals surface area contributed by atoms with Crippen LogP contribution in [0.4, 0.5) is 0 Å². The number of ether oxygens (including phenoxy) is 1. The first-order valence-electron chi connectivity index (χ1n) is 13.2. The molecule has 3 saturated heterocycles. The van der Waals surface area contributed by atoms with E-state index in [0.29, 0.717) is 24.5 Å². The Morgan fingerprint density at radius 3 is 2.58 bits per heavy atom. The van der Waals surface area contributed by atoms with E-state index in [4.69, 9.17) is 4.74 Å². The summed E-state index contributed by atoms with van der Waals surface area (Å²) >= 11 is 0. The van der Waals surface area contributed by atoms with Crippen LogP contribution in [0.5, 0.6) is 0 Å². The number of hydrogen-bond acceptors (Lipinski definition) is 5. The van der Waals surface area contributed by atoms with Gasteiger partial charge in [-0.2, -0.15) is 0 Å². The van der Waals surface area contributed by atoms with E-state index < -0.39 is 0 Å². The predicted molar refractivity (Wildman–Crippen MR) is 155 cm³/mol. The average Bonchev–Trinajstić information content (AvgIpc) is 2.82. The Bertz CT molecular complexity index is 722. The monoisotopic (exact) mass is 564 g/mol. The second kappa shape index (κ2) is 17.8. The van der Waals surface area contributed by atoms with Crippen molar-refractivity contribution in [3.8, 4) is 0 Å². The zero-order valence-electron chi connectivity index (χ0n) is 21.7. The number of rotatable bonds is 11. The Kier molecular flexibility index (Phi) is 16.6. The van der Waals surface area contributed by atoms with Crippen LogP contribution in [0.3, 0.4) is 0 Å². The zero-order valence-corrected chi connectivity index (χ0v) is 24.2. The Labute approximate surface area is 236 Å². The molecule has 3 aliphatic rings. The van der Waals surface area contributed by atoms with Crippen LogP contribution in [-0.2, 0) is 16.1 Å². The lowest BCUT2D eigenvalue weighted by Crippen LogP contribution is -2.55. The Hall–Kier alpha value is -0.600. The van der Waals surface area contributed by atoms with Gasteiger partial charge >= 0.3 is 0 Å². The first-order chi connectivity index (χ1) is 16.2. The van der Waals surface area contributed by atoms with Gasteiger partial charge in [0.15, 0.2) is 0 Å². The maximum Gasteiger partial charge on any atom is 0.219 e. The standard InChI is InChI=1S/C27H44N4O2.3ClH/c1-30-14-11-25(12-15-30)33-16-6-13-28-27(32)10-5-9-26-24-17-23(18-29-26)20-31(21-24)19-22-7-3-2-4-8-22;;;/h2-4,7-8,23-26,29H,5-6,9-21H2,1H3,(H,28,32);3*1H/t23?,24?,26-;;;/m1.../s1. The molecule has 1 aromatic carbocycles. The molecule has 2 bridgehead atoms. The number of piperidine rings is 3. The molecule has 0 radical (unpaired) electrons. The summed E-state index contributed by atoms with van der Waals surface area (Å²) in [5, 5.41) is 6.88. The van der Waals surface area contributed by atoms with E-state index in [1.165, 1.54) is 25.1 Å². The Morgan fingerprint density at radius 1 is 1.08 bits per heavy atom. The van der Waals surface area contributed by atoms with Crippen molar-refractivity contribution < 1.29 is 9.53 Å². The molecule has 36 heavy (non-hydrogen) atoms. The summed E-state index contributed by atoms with van der Waals surface area (Å²) in [6.07, 6.45) is 7.61. The molecule has 3 fully saturated rings. The second-order valence-corrected chi connectivity index (χ2v) is 10.5. The number of halogens is 3. The van der Waals surface area contributed by atoms with E-state index in [0.717, 1.165) is 77.4 Å². The van der Waals surface area contributed by atoms with Crippen LogP contribution in [-0.4, -0.2) is 80.8 Å². The number of fused-ring (bicyclic) bond motifs is 2. The van der Waals surface area contributed by atoms with Crippen molar-refractivity contribution in [3.63, 3.8) is 0 Å². The van der Waals surface area contributed by atoms with E-state index in [9.17, 15) is 4.79 Å². The van der Waals surface area contributed by atoms with Gasteiger partial charge in [0.25, 0.3) is 0 Å². The number of carbonyl (C=O) groups is 1. The van der Waals surface area contributed by atoms with Crippen LogP contribution in [0.15, 0.2) is 30.3 Å². The summed E-state index contributed by atoms with van der Waals surface area (Å²) in [6.45, 7) is 8.30. The highest BCUT2D eigenvalue weighted by molar-refractivity contribution is 5.86. The number of nitrogens with one attached hydrogen (secondary N) is 2. The van der Waals surface area contributed by atoms with Gasteiger partial charge in [0.1, 0.15) is 0 Å². The fourth-order valence-electron chi connectivity index (χ4n) is 5.85. The molecule has 2 N–H and O–H groups in total. The number of hydrogen-bond donors (Lipinski definition) is 2. The summed E-state index contributed by atoms with van der Waals surface area (Å²) in [5.41, 5.74) is 1.41. The molecule has 0 spiro atoms. The fraction of sp³-hybridized carbons (Fsp3) is 0.741. The molecule has 0 aliphatic carbocycles. The molecule has 4 rings (SSSR count). The van der Waals surface area contributed by atoms with Crippen LogP contribution in [0, 0.1) is 11.8 Å². The molecule has 0 aromatic heterocycles. The van der Waals surface area contributed by atoms with Gasteiger partial charge in [-0.1, -0.05) is 30.3 Å². The van der Waals surface area contributed by atoms with Crippen molar-refractivity contribution in [1.82, 2.24) is 20.4 Å². The number of carbonyl (C=O) groups excluding carboxylic acids is 1. The van der Waals surface area contributed by atoms with E-state index >= 15 is 0 Å². The van der Waals surface area contributed by atoms with Gasteiger partial charge in [-0.3, -0.25) is 9.69 Å². The quantitative estimate of drug-likeness (QED) is 0.395. The summed E-state index contributed by atoms with van der Waals surface area (Å²) < 4.78 is 5.97. The fourth-order valence-corrected chi connectivity index (χ4v) is 5.85. The van der Waals surface area contributed by atoms with Gasteiger partial charge in [0.2, 0.25) is 5.91 Å². The molecule has 2 unspecified atom stereocenters. The third kappa shape index (κ3) is 11.0. The number of amides is 1. The van der Waals surface area contributed by atoms with Crippen LogP contribution in [0.2, 0.25) is 0 Å². The average molecular weight is 566 g/mol. The molecular formula is C27H47Cl3N4O2. The van der Waals surface area contributed by atoms with Crippen molar-refractivity contribution in [2.75, 3.05) is 52.9 Å². The summed E-state index contributed by atoms with van der Waals surface area (Å²) in [5.74, 6) is 1.67. The van der Waals surface area contributed by atoms with E-state index in [1.54, 1.807) is 0 Å². The Morgan fingerprint density at radius 2 is 1.83 bits per heavy atom. The van der Waals surface area contributed by atoms with Gasteiger partial charge in [0, 0.05) is 58.3 Å². The predicted octanol–water partition coefficient (Wildman–Crippen LogP) is 4.15. The largest absolute Gasteiger partial charge is 0.378 e. The molecule has 3 aliphatic heterocycles. The second-order valence-electron chi connectivity index (χ2n) is 10.5. The highest BCUT2D eigenvalue weighted by Crippen LogP contribution is 2.31. The van der Waals surface area contributed by atoms with E-state index in [-0.39, 0.29) is 43.1 Å². The molecule has 0 saturated carbocycles. The number of likely N-dealkylation sites (tertiary alicyclic amines) is 2. The molecule has 6 nitrogen and oxygen atoms in total. The van der Waals surface area contributed by atoms with Crippen LogP contribution in [0.25, 0.3) is 0 Å². The lowest BCUT2D eigenvalue weighted by Gasteiger charge is -2.46. The summed E-state index contributed by atoms with van der Waals surface area (Å²) in [7, 11) is 2.17. The normalized spacial score (nSPS) is 24.6. The molecule has 1 amide bonds. The topological polar surface area (TPSA) is 56.8 Å². The highest BCUT2D eigenvalue weighted by Gasteiger charge is 2.36. The maximum absolute atomic E-state index is 12.3. The van der Waals surface area contributed by atoms with Crippen molar-refractivity contribution in [1.29, 1.82) is 0 Å². The maximum atomic E-state index is 12.3. The van der Waals surface area contributed by atoms with E-state index in [2.05, 4.69) is 57.8 Å². The number of nitrogens with zero attached hydrogens (tertiary/aromatic N) is 2. The van der Waals surface area contributed by atoms with Crippen LogP contribution < -0.4 is 10.6 Å². The first kappa shape index (κ1) is 33.4. The molecular weight excluding hydrogens is 519 g/mol. The third-order valence-corrected chi connectivity index (χ3v) is 7.71. The van der Waals surface area contributed by atoms with Crippen molar-refractivity contribution in [2.24, 2.45) is 11.8 Å². The molecule has 208 valence electrons. The summed E-state index contributed by atoms with van der Waals surface area (Å²) in [4.78, 5) is 17.3. The van der Waals surface area contributed by atoms with Gasteiger partial charge in [-0.15, -0.1) is 37.2 Å². The molecule has 9 heteroatoms. The van der Waals surface area contributed by atoms with Crippen molar-refractivity contribution >= 4 is 43.1 Å². The van der Waals surface area contributed by atoms with Gasteiger partial charge in [-0.05, 0) is 69.5 Å². The molecule has 3 atom stereocenters. The minimum absolute atomic E-state index is 0. The number of benzene rings is 1. The van der Waals surface area contributed by atoms with E-state index in [1.807, 2.05) is 0 Å². The SMILES string of the molecule is CN1CCC(OCCCNC(=O)CCC[C@H]2NCC3CC2CN(Cc2ccccc2)C3)CC1.Cl.Cl.Cl. The van der Waals surface area contributed by atoms with Crippen molar-refractivity contribution in [3.05, 3.63) is 35.9 Å². The van der Waals surface area contributed by atoms with Crippen LogP contribution in [0.1, 0.15) is 50.5 Å². The molecule has 3 heterocycles. The van der Waals surface area contributed by atoms with Gasteiger partial charge < -0.3 is 20.3 Å². The minimum atomic E-state index is 0. The molecule has 1 aromatic rings. The van der Waals surface area contributed by atoms with Crippen LogP contribution >= 0.6 is 37.2 Å². The lowest BCUT2D eigenvalue weighted by atomic mass is 9.79. The highest BCUT2D eigenvalue weighted by atomic mass is 35.5. The third-order valence-electron chi connectivity index (χ3n) is 7.71. The summed E-state index contributed by atoms with van der Waals surface area (Å²) in [6, 6.07) is 11.4. The van der Waals surface area contributed by atoms with Gasteiger partial charge in [0.05, 0.1) is 6.10 Å². The van der Waals surface area contributed by atoms with Gasteiger partial charge in [-0.25, -0.2) is 0 Å². The zero-order chi connectivity index (χ0) is 22.9. The lowest BCUT2D eigenvalue weighted by molar-refractivity contribution is -0.121. The first-order valence-corrected chi connectivity index (χ1v) is 13.2. The van der Waals surface area contributed by atoms with Crippen molar-refractivity contribution in [2.45, 2.75) is 63.6 Å². The Balaban J connectivity index is 0.00000216. The minimum Gasteiger partial charge on any atom is -0.378 e.